The van der Waals surface area contributed by atoms with Gasteiger partial charge in [-0.05, 0) is 48.6 Å². The molecule has 0 N–H and O–H groups in total. The molecule has 2 heterocycles. The molecule has 0 spiro atoms. The van der Waals surface area contributed by atoms with E-state index in [-0.39, 0.29) is 11.9 Å². The molecular weight excluding hydrogens is 298 g/mol. The van der Waals surface area contributed by atoms with Gasteiger partial charge in [-0.1, -0.05) is 6.07 Å². The molecule has 1 amide bonds. The molecule has 1 aromatic carbocycles. The largest absolute Gasteiger partial charge is 0.465 e. The highest BCUT2D eigenvalue weighted by molar-refractivity contribution is 7.10. The number of benzene rings is 1. The van der Waals surface area contributed by atoms with Crippen molar-refractivity contribution in [2.75, 3.05) is 13.7 Å². The van der Waals surface area contributed by atoms with Gasteiger partial charge in [-0.2, -0.15) is 0 Å². The molecule has 0 saturated carbocycles. The zero-order valence-corrected chi connectivity index (χ0v) is 13.1. The predicted molar refractivity (Wildman–Crippen MR) is 85.1 cm³/mol. The minimum absolute atomic E-state index is 0.0207. The second-order valence-electron chi connectivity index (χ2n) is 5.24. The van der Waals surface area contributed by atoms with E-state index in [1.807, 2.05) is 16.3 Å². The molecule has 3 rings (SSSR count). The Labute approximate surface area is 133 Å². The average molecular weight is 315 g/mol. The van der Waals surface area contributed by atoms with Crippen molar-refractivity contribution < 1.29 is 14.3 Å². The van der Waals surface area contributed by atoms with Gasteiger partial charge in [0.05, 0.1) is 18.7 Å². The third-order valence-corrected chi connectivity index (χ3v) is 4.91. The van der Waals surface area contributed by atoms with Gasteiger partial charge in [-0.25, -0.2) is 4.79 Å². The van der Waals surface area contributed by atoms with Gasteiger partial charge in [0, 0.05) is 17.0 Å². The van der Waals surface area contributed by atoms with Crippen molar-refractivity contribution in [2.45, 2.75) is 18.9 Å². The summed E-state index contributed by atoms with van der Waals surface area (Å²) in [6.07, 6.45) is 2.03. The van der Waals surface area contributed by atoms with Crippen LogP contribution in [0.4, 0.5) is 0 Å². The zero-order valence-electron chi connectivity index (χ0n) is 12.3. The maximum Gasteiger partial charge on any atom is 0.337 e. The number of thiophene rings is 1. The molecule has 1 saturated heterocycles. The number of likely N-dealkylation sites (tertiary alicyclic amines) is 1. The molecule has 2 aromatic rings. The fraction of sp³-hybridized carbons (Fsp3) is 0.294. The number of carbonyl (C=O) groups is 2. The maximum atomic E-state index is 12.7. The van der Waals surface area contributed by atoms with Crippen LogP contribution < -0.4 is 0 Å². The Balaban J connectivity index is 1.79. The standard InChI is InChI=1S/C17H17NO3S/c1-21-17(20)13-8-6-12(7-9-13)16(19)18-10-2-4-14(18)15-5-3-11-22-15/h3,5-9,11,14H,2,4,10H2,1H3. The smallest absolute Gasteiger partial charge is 0.337 e. The molecule has 5 heteroatoms. The van der Waals surface area contributed by atoms with E-state index in [9.17, 15) is 9.59 Å². The van der Waals surface area contributed by atoms with Crippen LogP contribution in [0.15, 0.2) is 41.8 Å². The van der Waals surface area contributed by atoms with Crippen LogP contribution in [0, 0.1) is 0 Å². The van der Waals surface area contributed by atoms with E-state index in [1.54, 1.807) is 35.6 Å². The summed E-state index contributed by atoms with van der Waals surface area (Å²) in [5.74, 6) is -0.371. The van der Waals surface area contributed by atoms with Crippen LogP contribution in [0.2, 0.25) is 0 Å². The minimum atomic E-state index is -0.392. The molecule has 1 unspecified atom stereocenters. The van der Waals surface area contributed by atoms with E-state index in [4.69, 9.17) is 0 Å². The van der Waals surface area contributed by atoms with Crippen LogP contribution in [0.3, 0.4) is 0 Å². The average Bonchev–Trinajstić information content (AvgIpc) is 3.24. The van der Waals surface area contributed by atoms with Crippen molar-refractivity contribution in [1.82, 2.24) is 4.90 Å². The normalized spacial score (nSPS) is 17.5. The SMILES string of the molecule is COC(=O)c1ccc(C(=O)N2CCCC2c2cccs2)cc1. The third kappa shape index (κ3) is 2.76. The lowest BCUT2D eigenvalue weighted by Crippen LogP contribution is -2.30. The van der Waals surface area contributed by atoms with Crippen molar-refractivity contribution in [3.8, 4) is 0 Å². The van der Waals surface area contributed by atoms with Gasteiger partial charge in [0.25, 0.3) is 5.91 Å². The van der Waals surface area contributed by atoms with E-state index in [1.165, 1.54) is 12.0 Å². The number of carbonyl (C=O) groups excluding carboxylic acids is 2. The van der Waals surface area contributed by atoms with Crippen molar-refractivity contribution in [3.05, 3.63) is 57.8 Å². The number of esters is 1. The Kier molecular flexibility index (Phi) is 4.24. The molecule has 0 radical (unpaired) electrons. The van der Waals surface area contributed by atoms with Crippen LogP contribution in [0.1, 0.15) is 44.5 Å². The third-order valence-electron chi connectivity index (χ3n) is 3.94. The lowest BCUT2D eigenvalue weighted by molar-refractivity contribution is 0.0599. The van der Waals surface area contributed by atoms with Crippen LogP contribution in [-0.2, 0) is 4.74 Å². The molecule has 22 heavy (non-hydrogen) atoms. The van der Waals surface area contributed by atoms with Gasteiger partial charge in [-0.3, -0.25) is 4.79 Å². The molecule has 0 aliphatic carbocycles. The summed E-state index contributed by atoms with van der Waals surface area (Å²) in [5.41, 5.74) is 1.06. The van der Waals surface area contributed by atoms with E-state index >= 15 is 0 Å². The fourth-order valence-corrected chi connectivity index (χ4v) is 3.69. The van der Waals surface area contributed by atoms with Crippen molar-refractivity contribution in [1.29, 1.82) is 0 Å². The topological polar surface area (TPSA) is 46.6 Å². The molecule has 1 fully saturated rings. The van der Waals surface area contributed by atoms with Gasteiger partial charge >= 0.3 is 5.97 Å². The molecule has 1 aromatic heterocycles. The molecular formula is C17H17NO3S. The second kappa shape index (κ2) is 6.32. The summed E-state index contributed by atoms with van der Waals surface area (Å²) in [5, 5.41) is 2.04. The Bertz CT molecular complexity index is 664. The van der Waals surface area contributed by atoms with Crippen molar-refractivity contribution in [3.63, 3.8) is 0 Å². The van der Waals surface area contributed by atoms with E-state index in [0.29, 0.717) is 11.1 Å². The number of methoxy groups -OCH3 is 1. The van der Waals surface area contributed by atoms with Crippen LogP contribution >= 0.6 is 11.3 Å². The first-order chi connectivity index (χ1) is 10.7. The van der Waals surface area contributed by atoms with Gasteiger partial charge in [0.1, 0.15) is 0 Å². The molecule has 0 bridgehead atoms. The molecule has 114 valence electrons. The first-order valence-corrected chi connectivity index (χ1v) is 8.11. The summed E-state index contributed by atoms with van der Waals surface area (Å²) < 4.78 is 4.67. The van der Waals surface area contributed by atoms with Crippen molar-refractivity contribution >= 4 is 23.2 Å². The second-order valence-corrected chi connectivity index (χ2v) is 6.22. The van der Waals surface area contributed by atoms with E-state index < -0.39 is 5.97 Å². The quantitative estimate of drug-likeness (QED) is 0.814. The number of rotatable bonds is 3. The number of nitrogens with zero attached hydrogens (tertiary/aromatic N) is 1. The lowest BCUT2D eigenvalue weighted by atomic mass is 10.1. The Morgan fingerprint density at radius 3 is 2.55 bits per heavy atom. The summed E-state index contributed by atoms with van der Waals surface area (Å²) in [6.45, 7) is 0.778. The Morgan fingerprint density at radius 2 is 1.91 bits per heavy atom. The van der Waals surface area contributed by atoms with Crippen LogP contribution in [0.5, 0.6) is 0 Å². The summed E-state index contributed by atoms with van der Waals surface area (Å²) in [7, 11) is 1.34. The van der Waals surface area contributed by atoms with E-state index in [0.717, 1.165) is 19.4 Å². The van der Waals surface area contributed by atoms with Gasteiger partial charge in [-0.15, -0.1) is 11.3 Å². The number of hydrogen-bond donors (Lipinski definition) is 0. The highest BCUT2D eigenvalue weighted by atomic mass is 32.1. The monoisotopic (exact) mass is 315 g/mol. The minimum Gasteiger partial charge on any atom is -0.465 e. The zero-order chi connectivity index (χ0) is 15.5. The van der Waals surface area contributed by atoms with Crippen LogP contribution in [0.25, 0.3) is 0 Å². The summed E-state index contributed by atoms with van der Waals surface area (Å²) in [6, 6.07) is 10.9. The maximum absolute atomic E-state index is 12.7. The van der Waals surface area contributed by atoms with Gasteiger partial charge in [0.2, 0.25) is 0 Å². The number of hydrogen-bond acceptors (Lipinski definition) is 4. The Morgan fingerprint density at radius 1 is 1.18 bits per heavy atom. The molecule has 1 atom stereocenters. The van der Waals surface area contributed by atoms with Gasteiger partial charge < -0.3 is 9.64 Å². The summed E-state index contributed by atoms with van der Waals surface area (Å²) in [4.78, 5) is 27.3. The fourth-order valence-electron chi connectivity index (χ4n) is 2.82. The van der Waals surface area contributed by atoms with E-state index in [2.05, 4.69) is 10.8 Å². The highest BCUT2D eigenvalue weighted by Gasteiger charge is 2.31. The van der Waals surface area contributed by atoms with Crippen molar-refractivity contribution in [2.24, 2.45) is 0 Å². The lowest BCUT2D eigenvalue weighted by Gasteiger charge is -2.24. The molecule has 1 aliphatic heterocycles. The highest BCUT2D eigenvalue weighted by Crippen LogP contribution is 2.35. The predicted octanol–water partition coefficient (Wildman–Crippen LogP) is 3.51. The van der Waals surface area contributed by atoms with Crippen LogP contribution in [-0.4, -0.2) is 30.4 Å². The first-order valence-electron chi connectivity index (χ1n) is 7.23. The Hall–Kier alpha value is -2.14. The first kappa shape index (κ1) is 14.8. The van der Waals surface area contributed by atoms with Gasteiger partial charge in [0.15, 0.2) is 0 Å². The number of ether oxygens (including phenoxy) is 1. The number of amides is 1. The summed E-state index contributed by atoms with van der Waals surface area (Å²) >= 11 is 1.69. The molecule has 1 aliphatic rings. The molecule has 4 nitrogen and oxygen atoms in total.